The number of rotatable bonds is 5. The second kappa shape index (κ2) is 5.23. The molecule has 2 aromatic heterocycles. The minimum atomic E-state index is -0.890. The number of carbonyl (C=O) groups is 1. The first-order valence-corrected chi connectivity index (χ1v) is 6.53. The van der Waals surface area contributed by atoms with E-state index in [2.05, 4.69) is 20.5 Å². The molecule has 1 N–H and O–H groups in total. The van der Waals surface area contributed by atoms with E-state index in [0.717, 1.165) is 22.3 Å². The summed E-state index contributed by atoms with van der Waals surface area (Å²) in [6.07, 6.45) is 0. The highest BCUT2D eigenvalue weighted by Crippen LogP contribution is 2.18. The second-order valence-corrected chi connectivity index (χ2v) is 5.04. The van der Waals surface area contributed by atoms with Crippen LogP contribution in [0.3, 0.4) is 0 Å². The molecule has 7 nitrogen and oxygen atoms in total. The van der Waals surface area contributed by atoms with E-state index in [1.807, 2.05) is 6.92 Å². The third kappa shape index (κ3) is 3.01. The van der Waals surface area contributed by atoms with E-state index in [1.54, 1.807) is 10.2 Å². The largest absolute Gasteiger partial charge is 0.481 e. The summed E-state index contributed by atoms with van der Waals surface area (Å²) >= 11 is 2.63. The van der Waals surface area contributed by atoms with Gasteiger partial charge in [0.1, 0.15) is 0 Å². The molecular formula is C8H9N5O2S2. The van der Waals surface area contributed by atoms with Crippen molar-refractivity contribution in [2.75, 3.05) is 5.75 Å². The van der Waals surface area contributed by atoms with E-state index in [9.17, 15) is 4.79 Å². The Morgan fingerprint density at radius 3 is 3.12 bits per heavy atom. The maximum absolute atomic E-state index is 10.5. The zero-order valence-corrected chi connectivity index (χ0v) is 10.5. The number of tetrazole rings is 1. The molecule has 9 heteroatoms. The molecule has 2 rings (SSSR count). The average molecular weight is 271 g/mol. The maximum Gasteiger partial charge on any atom is 0.313 e. The summed E-state index contributed by atoms with van der Waals surface area (Å²) in [6, 6.07) is 0. The van der Waals surface area contributed by atoms with Gasteiger partial charge >= 0.3 is 5.97 Å². The van der Waals surface area contributed by atoms with Gasteiger partial charge in [-0.1, -0.05) is 11.8 Å². The van der Waals surface area contributed by atoms with Crippen molar-refractivity contribution in [2.24, 2.45) is 0 Å². The quantitative estimate of drug-likeness (QED) is 0.798. The fourth-order valence-electron chi connectivity index (χ4n) is 1.14. The Morgan fingerprint density at radius 1 is 1.65 bits per heavy atom. The van der Waals surface area contributed by atoms with Gasteiger partial charge in [-0.15, -0.1) is 16.4 Å². The molecule has 0 aliphatic heterocycles. The molecule has 0 aromatic carbocycles. The number of aromatic nitrogens is 5. The predicted octanol–water partition coefficient (Wildman–Crippen LogP) is 0.663. The maximum atomic E-state index is 10.5. The lowest BCUT2D eigenvalue weighted by molar-refractivity contribution is -0.133. The molecule has 2 heterocycles. The Labute approximate surface area is 105 Å². The number of aryl methyl sites for hydroxylation is 1. The zero-order chi connectivity index (χ0) is 12.3. The van der Waals surface area contributed by atoms with Crippen LogP contribution < -0.4 is 0 Å². The van der Waals surface area contributed by atoms with Crippen LogP contribution >= 0.6 is 23.1 Å². The Morgan fingerprint density at radius 2 is 2.47 bits per heavy atom. The van der Waals surface area contributed by atoms with Gasteiger partial charge in [0.2, 0.25) is 5.16 Å². The van der Waals surface area contributed by atoms with Crippen LogP contribution in [0.2, 0.25) is 0 Å². The number of aliphatic carboxylic acids is 1. The van der Waals surface area contributed by atoms with Crippen molar-refractivity contribution < 1.29 is 9.90 Å². The molecule has 0 radical (unpaired) electrons. The molecule has 0 amide bonds. The molecule has 0 atom stereocenters. The van der Waals surface area contributed by atoms with Crippen molar-refractivity contribution >= 4 is 29.1 Å². The van der Waals surface area contributed by atoms with E-state index in [1.165, 1.54) is 11.3 Å². The predicted molar refractivity (Wildman–Crippen MR) is 62.1 cm³/mol. The smallest absolute Gasteiger partial charge is 0.313 e. The van der Waals surface area contributed by atoms with E-state index < -0.39 is 5.97 Å². The van der Waals surface area contributed by atoms with Gasteiger partial charge in [-0.25, -0.2) is 9.67 Å². The Hall–Kier alpha value is -1.48. The lowest BCUT2D eigenvalue weighted by Crippen LogP contribution is -2.05. The number of thiazole rings is 1. The minimum Gasteiger partial charge on any atom is -0.481 e. The summed E-state index contributed by atoms with van der Waals surface area (Å²) in [5, 5.41) is 20.3. The van der Waals surface area contributed by atoms with Crippen molar-refractivity contribution in [2.45, 2.75) is 18.6 Å². The van der Waals surface area contributed by atoms with Crippen LogP contribution in [0.15, 0.2) is 10.7 Å². The highest BCUT2D eigenvalue weighted by Gasteiger charge is 2.11. The number of hydrogen-bond donors (Lipinski definition) is 1. The zero-order valence-electron chi connectivity index (χ0n) is 8.90. The van der Waals surface area contributed by atoms with Gasteiger partial charge in [-0.05, 0) is 17.4 Å². The lowest BCUT2D eigenvalue weighted by Gasteiger charge is -2.01. The fraction of sp³-hybridized carbons (Fsp3) is 0.375. The highest BCUT2D eigenvalue weighted by atomic mass is 32.2. The van der Waals surface area contributed by atoms with Gasteiger partial charge in [-0.2, -0.15) is 0 Å². The molecule has 0 aliphatic rings. The Balaban J connectivity index is 2.09. The summed E-state index contributed by atoms with van der Waals surface area (Å²) in [7, 11) is 0. The number of nitrogens with zero attached hydrogens (tertiary/aromatic N) is 5. The first kappa shape index (κ1) is 12.0. The molecule has 0 fully saturated rings. The number of hydrogen-bond acceptors (Lipinski definition) is 7. The summed E-state index contributed by atoms with van der Waals surface area (Å²) < 4.78 is 1.58. The van der Waals surface area contributed by atoms with Crippen LogP contribution in [-0.4, -0.2) is 42.0 Å². The molecule has 90 valence electrons. The first-order valence-electron chi connectivity index (χ1n) is 4.66. The van der Waals surface area contributed by atoms with Crippen molar-refractivity contribution in [3.05, 3.63) is 16.1 Å². The molecule has 2 aromatic rings. The fourth-order valence-corrected chi connectivity index (χ4v) is 2.49. The van der Waals surface area contributed by atoms with Crippen LogP contribution in [0.1, 0.15) is 10.6 Å². The Kier molecular flexibility index (Phi) is 3.69. The minimum absolute atomic E-state index is 0.0535. The third-order valence-electron chi connectivity index (χ3n) is 1.96. The summed E-state index contributed by atoms with van der Waals surface area (Å²) in [4.78, 5) is 15.7. The van der Waals surface area contributed by atoms with Crippen molar-refractivity contribution in [1.82, 2.24) is 25.2 Å². The second-order valence-electron chi connectivity index (χ2n) is 3.16. The van der Waals surface area contributed by atoms with Gasteiger partial charge in [0, 0.05) is 4.88 Å². The summed E-state index contributed by atoms with van der Waals surface area (Å²) in [5.74, 6) is -0.944. The third-order valence-corrected chi connectivity index (χ3v) is 3.82. The van der Waals surface area contributed by atoms with Crippen LogP contribution in [0, 0.1) is 6.92 Å². The van der Waals surface area contributed by atoms with Crippen molar-refractivity contribution in [3.63, 3.8) is 0 Å². The normalized spacial score (nSPS) is 10.6. The number of thioether (sulfide) groups is 1. The Bertz CT molecular complexity index is 523. The monoisotopic (exact) mass is 271 g/mol. The molecular weight excluding hydrogens is 262 g/mol. The molecule has 0 bridgehead atoms. The standard InChI is InChI=1S/C8H9N5O2S2/c1-5-6(17-4-9-5)2-13-8(10-11-12-13)16-3-7(14)15/h4H,2-3H2,1H3,(H,14,15). The van der Waals surface area contributed by atoms with Gasteiger partial charge < -0.3 is 5.11 Å². The molecule has 0 spiro atoms. The number of carboxylic acid groups (broad SMARTS) is 1. The SMILES string of the molecule is Cc1ncsc1Cn1nnnc1SCC(=O)O. The van der Waals surface area contributed by atoms with Crippen LogP contribution in [0.5, 0.6) is 0 Å². The van der Waals surface area contributed by atoms with Crippen molar-refractivity contribution in [3.8, 4) is 0 Å². The topological polar surface area (TPSA) is 93.8 Å². The van der Waals surface area contributed by atoms with E-state index in [0.29, 0.717) is 11.7 Å². The molecule has 0 aliphatic carbocycles. The van der Waals surface area contributed by atoms with Gasteiger partial charge in [0.15, 0.2) is 0 Å². The highest BCUT2D eigenvalue weighted by molar-refractivity contribution is 7.99. The first-order chi connectivity index (χ1) is 8.16. The lowest BCUT2D eigenvalue weighted by atomic mass is 10.4. The number of carboxylic acids is 1. The van der Waals surface area contributed by atoms with Crippen molar-refractivity contribution in [1.29, 1.82) is 0 Å². The van der Waals surface area contributed by atoms with E-state index in [-0.39, 0.29) is 5.75 Å². The van der Waals surface area contributed by atoms with Crippen LogP contribution in [0.25, 0.3) is 0 Å². The molecule has 0 saturated carbocycles. The van der Waals surface area contributed by atoms with Gasteiger partial charge in [0.05, 0.1) is 23.5 Å². The molecule has 17 heavy (non-hydrogen) atoms. The van der Waals surface area contributed by atoms with Crippen LogP contribution in [-0.2, 0) is 11.3 Å². The molecule has 0 saturated heterocycles. The van der Waals surface area contributed by atoms with E-state index in [4.69, 9.17) is 5.11 Å². The van der Waals surface area contributed by atoms with E-state index >= 15 is 0 Å². The molecule has 0 unspecified atom stereocenters. The van der Waals surface area contributed by atoms with Gasteiger partial charge in [0.25, 0.3) is 0 Å². The average Bonchev–Trinajstić information content (AvgIpc) is 2.87. The summed E-state index contributed by atoms with van der Waals surface area (Å²) in [6.45, 7) is 2.44. The summed E-state index contributed by atoms with van der Waals surface area (Å²) in [5.41, 5.74) is 2.71. The van der Waals surface area contributed by atoms with Crippen LogP contribution in [0.4, 0.5) is 0 Å². The van der Waals surface area contributed by atoms with Gasteiger partial charge in [-0.3, -0.25) is 4.79 Å².